The smallest absolute Gasteiger partial charge is 0.250 e. The number of hydrogen-bond acceptors (Lipinski definition) is 6. The number of rotatable bonds is 5. The van der Waals surface area contributed by atoms with Gasteiger partial charge in [0.25, 0.3) is 0 Å². The predicted octanol–water partition coefficient (Wildman–Crippen LogP) is 2.61. The predicted molar refractivity (Wildman–Crippen MR) is 96.0 cm³/mol. The average Bonchev–Trinajstić information content (AvgIpc) is 3.11. The van der Waals surface area contributed by atoms with Crippen molar-refractivity contribution < 1.29 is 8.42 Å². The van der Waals surface area contributed by atoms with Crippen LogP contribution in [0.15, 0.2) is 34.1 Å². The first-order valence-electron chi connectivity index (χ1n) is 8.08. The molecule has 0 atom stereocenters. The number of aromatic nitrogens is 2. The maximum atomic E-state index is 12.3. The molecule has 0 spiro atoms. The quantitative estimate of drug-likeness (QED) is 0.880. The molecule has 0 unspecified atom stereocenters. The molecule has 1 N–H and O–H groups in total. The molecule has 1 aliphatic rings. The highest BCUT2D eigenvalue weighted by atomic mass is 32.2. The van der Waals surface area contributed by atoms with Gasteiger partial charge in [-0.2, -0.15) is 0 Å². The number of anilines is 1. The van der Waals surface area contributed by atoms with Crippen LogP contribution in [0, 0.1) is 0 Å². The van der Waals surface area contributed by atoms with E-state index in [1.807, 2.05) is 6.07 Å². The maximum absolute atomic E-state index is 12.3. The van der Waals surface area contributed by atoms with Crippen LogP contribution in [0.5, 0.6) is 0 Å². The second-order valence-corrected chi connectivity index (χ2v) is 9.16. The van der Waals surface area contributed by atoms with Gasteiger partial charge in [-0.15, -0.1) is 11.3 Å². The Labute approximate surface area is 147 Å². The van der Waals surface area contributed by atoms with Crippen LogP contribution < -0.4 is 9.62 Å². The molecule has 2 aromatic heterocycles. The van der Waals surface area contributed by atoms with Gasteiger partial charge in [0.05, 0.1) is 0 Å². The van der Waals surface area contributed by atoms with E-state index in [0.29, 0.717) is 10.1 Å². The number of nitrogens with one attached hydrogen (secondary N) is 1. The summed E-state index contributed by atoms with van der Waals surface area (Å²) < 4.78 is 27.8. The molecule has 1 aliphatic heterocycles. The summed E-state index contributed by atoms with van der Waals surface area (Å²) >= 11 is 1.24. The van der Waals surface area contributed by atoms with Gasteiger partial charge in [-0.3, -0.25) is 0 Å². The van der Waals surface area contributed by atoms with E-state index in [2.05, 4.69) is 33.4 Å². The zero-order chi connectivity index (χ0) is 17.2. The van der Waals surface area contributed by atoms with E-state index in [9.17, 15) is 8.42 Å². The molecule has 6 nitrogen and oxygen atoms in total. The van der Waals surface area contributed by atoms with E-state index in [4.69, 9.17) is 0 Å². The second kappa shape index (κ2) is 7.16. The van der Waals surface area contributed by atoms with Gasteiger partial charge in [-0.1, -0.05) is 19.9 Å². The summed E-state index contributed by atoms with van der Waals surface area (Å²) in [4.78, 5) is 10.9. The normalized spacial score (nSPS) is 16.7. The highest BCUT2D eigenvalue weighted by Gasteiger charge is 2.25. The largest absolute Gasteiger partial charge is 0.356 e. The first-order chi connectivity index (χ1) is 11.5. The van der Waals surface area contributed by atoms with Crippen molar-refractivity contribution in [1.29, 1.82) is 0 Å². The van der Waals surface area contributed by atoms with E-state index in [-0.39, 0.29) is 6.04 Å². The lowest BCUT2D eigenvalue weighted by Crippen LogP contribution is -2.44. The van der Waals surface area contributed by atoms with Gasteiger partial charge < -0.3 is 4.90 Å². The third kappa shape index (κ3) is 3.93. The van der Waals surface area contributed by atoms with Crippen molar-refractivity contribution in [2.45, 2.75) is 42.9 Å². The molecule has 0 radical (unpaired) electrons. The van der Waals surface area contributed by atoms with Crippen LogP contribution in [0.2, 0.25) is 0 Å². The summed E-state index contributed by atoms with van der Waals surface area (Å²) in [7, 11) is -3.39. The summed E-state index contributed by atoms with van der Waals surface area (Å²) in [5, 5.41) is 1.78. The van der Waals surface area contributed by atoms with Gasteiger partial charge in [-0.25, -0.2) is 23.1 Å². The second-order valence-electron chi connectivity index (χ2n) is 6.27. The lowest BCUT2D eigenvalue weighted by molar-refractivity contribution is 0.458. The Morgan fingerprint density at radius 1 is 1.29 bits per heavy atom. The zero-order valence-electron chi connectivity index (χ0n) is 13.8. The Kier molecular flexibility index (Phi) is 5.17. The van der Waals surface area contributed by atoms with Crippen LogP contribution in [-0.4, -0.2) is 37.5 Å². The molecule has 0 aromatic carbocycles. The van der Waals surface area contributed by atoms with Crippen LogP contribution in [0.3, 0.4) is 0 Å². The number of sulfonamides is 1. The Hall–Kier alpha value is -1.51. The lowest BCUT2D eigenvalue weighted by Gasteiger charge is -2.33. The summed E-state index contributed by atoms with van der Waals surface area (Å²) in [5.74, 6) is 1.29. The summed E-state index contributed by atoms with van der Waals surface area (Å²) in [6, 6.07) is 5.39. The van der Waals surface area contributed by atoms with Gasteiger partial charge in [0, 0.05) is 30.9 Å². The number of hydrogen-bond donors (Lipinski definition) is 1. The fourth-order valence-electron chi connectivity index (χ4n) is 2.77. The SMILES string of the molecule is CC(C)c1cc(N2CCC(NS(=O)(=O)c3cccs3)CC2)ncn1. The van der Waals surface area contributed by atoms with Gasteiger partial charge in [0.15, 0.2) is 0 Å². The van der Waals surface area contributed by atoms with Crippen molar-refractivity contribution in [3.8, 4) is 0 Å². The number of nitrogens with zero attached hydrogens (tertiary/aromatic N) is 3. The van der Waals surface area contributed by atoms with Gasteiger partial charge in [0.1, 0.15) is 16.4 Å². The fourth-order valence-corrected chi connectivity index (χ4v) is 5.09. The first kappa shape index (κ1) is 17.3. The van der Waals surface area contributed by atoms with Crippen LogP contribution in [0.1, 0.15) is 38.3 Å². The molecule has 1 fully saturated rings. The molecule has 0 aliphatic carbocycles. The third-order valence-corrected chi connectivity index (χ3v) is 7.08. The van der Waals surface area contributed by atoms with Crippen LogP contribution in [-0.2, 0) is 10.0 Å². The monoisotopic (exact) mass is 366 g/mol. The molecule has 2 aromatic rings. The number of piperidine rings is 1. The molecular weight excluding hydrogens is 344 g/mol. The fraction of sp³-hybridized carbons (Fsp3) is 0.500. The summed E-state index contributed by atoms with van der Waals surface area (Å²) in [5.41, 5.74) is 1.03. The third-order valence-electron chi connectivity index (χ3n) is 4.17. The molecule has 3 rings (SSSR count). The van der Waals surface area contributed by atoms with Gasteiger partial charge >= 0.3 is 0 Å². The van der Waals surface area contributed by atoms with Crippen LogP contribution in [0.25, 0.3) is 0 Å². The highest BCUT2D eigenvalue weighted by Crippen LogP contribution is 2.22. The van der Waals surface area contributed by atoms with E-state index < -0.39 is 10.0 Å². The first-order valence-corrected chi connectivity index (χ1v) is 10.4. The topological polar surface area (TPSA) is 75.2 Å². The molecule has 0 saturated carbocycles. The van der Waals surface area contributed by atoms with Crippen molar-refractivity contribution in [2.24, 2.45) is 0 Å². The van der Waals surface area contributed by atoms with Crippen molar-refractivity contribution in [2.75, 3.05) is 18.0 Å². The Balaban J connectivity index is 1.61. The van der Waals surface area contributed by atoms with Crippen LogP contribution >= 0.6 is 11.3 Å². The van der Waals surface area contributed by atoms with Crippen molar-refractivity contribution in [3.05, 3.63) is 35.6 Å². The molecular formula is C16H22N4O2S2. The van der Waals surface area contributed by atoms with E-state index in [1.165, 1.54) is 11.3 Å². The van der Waals surface area contributed by atoms with Gasteiger partial charge in [-0.05, 0) is 30.2 Å². The lowest BCUT2D eigenvalue weighted by atomic mass is 10.1. The molecule has 0 bridgehead atoms. The maximum Gasteiger partial charge on any atom is 0.250 e. The zero-order valence-corrected chi connectivity index (χ0v) is 15.5. The van der Waals surface area contributed by atoms with Crippen molar-refractivity contribution >= 4 is 27.2 Å². The minimum atomic E-state index is -3.39. The molecule has 8 heteroatoms. The van der Waals surface area contributed by atoms with Gasteiger partial charge in [0.2, 0.25) is 10.0 Å². The van der Waals surface area contributed by atoms with Crippen molar-refractivity contribution in [1.82, 2.24) is 14.7 Å². The summed E-state index contributed by atoms with van der Waals surface area (Å²) in [6.45, 7) is 5.79. The van der Waals surface area contributed by atoms with E-state index >= 15 is 0 Å². The molecule has 1 saturated heterocycles. The molecule has 24 heavy (non-hydrogen) atoms. The number of thiophene rings is 1. The molecule has 130 valence electrons. The van der Waals surface area contributed by atoms with Crippen molar-refractivity contribution in [3.63, 3.8) is 0 Å². The average molecular weight is 367 g/mol. The highest BCUT2D eigenvalue weighted by molar-refractivity contribution is 7.91. The standard InChI is InChI=1S/C16H22N4O2S2/c1-12(2)14-10-15(18-11-17-14)20-7-5-13(6-8-20)19-24(21,22)16-4-3-9-23-16/h3-4,9-13,19H,5-8H2,1-2H3. The Morgan fingerprint density at radius 2 is 2.04 bits per heavy atom. The molecule has 0 amide bonds. The minimum absolute atomic E-state index is 0.0280. The minimum Gasteiger partial charge on any atom is -0.356 e. The Morgan fingerprint density at radius 3 is 2.67 bits per heavy atom. The summed E-state index contributed by atoms with van der Waals surface area (Å²) in [6.07, 6.45) is 3.15. The van der Waals surface area contributed by atoms with E-state index in [1.54, 1.807) is 23.8 Å². The van der Waals surface area contributed by atoms with Crippen LogP contribution in [0.4, 0.5) is 5.82 Å². The van der Waals surface area contributed by atoms with E-state index in [0.717, 1.165) is 37.4 Å². The molecule has 3 heterocycles. The Bertz CT molecular complexity index is 767.